The number of hydrogen-bond donors (Lipinski definition) is 2. The number of aromatic nitrogens is 1. The number of alkyl halides is 3. The number of halogens is 3. The van der Waals surface area contributed by atoms with Crippen molar-refractivity contribution in [3.05, 3.63) is 48.2 Å². The van der Waals surface area contributed by atoms with Gasteiger partial charge in [-0.3, -0.25) is 0 Å². The Morgan fingerprint density at radius 1 is 1.17 bits per heavy atom. The molecule has 0 radical (unpaired) electrons. The molecule has 0 spiro atoms. The molecule has 1 aliphatic heterocycles. The van der Waals surface area contributed by atoms with Crippen LogP contribution in [0.1, 0.15) is 25.3 Å². The normalized spacial score (nSPS) is 24.6. The molecule has 14 heteroatoms. The second-order valence-electron chi connectivity index (χ2n) is 8.87. The molecule has 2 aliphatic rings. The molecule has 0 bridgehead atoms. The first-order valence-electron chi connectivity index (χ1n) is 11.2. The highest BCUT2D eigenvalue weighted by Gasteiger charge is 2.42. The van der Waals surface area contributed by atoms with Crippen LogP contribution < -0.4 is 5.32 Å². The minimum absolute atomic E-state index is 0.0361. The summed E-state index contributed by atoms with van der Waals surface area (Å²) in [6.45, 7) is 1.04. The molecule has 2 N–H and O–H groups in total. The van der Waals surface area contributed by atoms with Gasteiger partial charge in [-0.05, 0) is 38.0 Å². The lowest BCUT2D eigenvalue weighted by atomic mass is 9.92. The molecule has 1 saturated carbocycles. The number of nitrogens with zero attached hydrogens (tertiary/aromatic N) is 2. The van der Waals surface area contributed by atoms with E-state index in [1.54, 1.807) is 18.2 Å². The minimum atomic E-state index is -4.83. The van der Waals surface area contributed by atoms with E-state index in [1.807, 2.05) is 0 Å². The number of aliphatic hydroxyl groups is 1. The van der Waals surface area contributed by atoms with Gasteiger partial charge in [0, 0.05) is 25.3 Å². The summed E-state index contributed by atoms with van der Waals surface area (Å²) in [5, 5.41) is 11.9. The molecule has 9 nitrogen and oxygen atoms in total. The summed E-state index contributed by atoms with van der Waals surface area (Å²) in [7, 11) is -8.05. The summed E-state index contributed by atoms with van der Waals surface area (Å²) in [6.07, 6.45) is -5.83. The fraction of sp³-hybridized carbons (Fsp3) is 0.500. The molecule has 36 heavy (non-hydrogen) atoms. The van der Waals surface area contributed by atoms with Gasteiger partial charge in [0.2, 0.25) is 10.0 Å². The Morgan fingerprint density at radius 3 is 2.44 bits per heavy atom. The minimum Gasteiger partial charge on any atom is -0.391 e. The number of sulfone groups is 1. The molecule has 4 rings (SSSR count). The third-order valence-corrected chi connectivity index (χ3v) is 10.4. The smallest absolute Gasteiger partial charge is 0.391 e. The van der Waals surface area contributed by atoms with E-state index in [0.29, 0.717) is 12.3 Å². The average Bonchev–Trinajstić information content (AvgIpc) is 2.81. The van der Waals surface area contributed by atoms with Gasteiger partial charge in [0.1, 0.15) is 10.7 Å². The standard InChI is InChI=1S/C22H26F3N3O6S2/c1-14(29)19-13-28(7-8-34-19)36(32,33)20-9-15(22(23,24)25)12-26-21(20)27-16-10-18(11-16)35(30,31)17-5-3-2-4-6-17/h2-6,9,12,14,16,18-19,29H,7-8,10-11,13H2,1H3,(H,26,27). The van der Waals surface area contributed by atoms with Gasteiger partial charge in [0.25, 0.3) is 0 Å². The Morgan fingerprint density at radius 2 is 1.83 bits per heavy atom. The number of aliphatic hydroxyl groups excluding tert-OH is 1. The van der Waals surface area contributed by atoms with Crippen LogP contribution in [0, 0.1) is 0 Å². The zero-order valence-electron chi connectivity index (χ0n) is 19.2. The number of hydrogen-bond acceptors (Lipinski definition) is 8. The van der Waals surface area contributed by atoms with Gasteiger partial charge in [-0.15, -0.1) is 0 Å². The number of rotatable bonds is 7. The fourth-order valence-electron chi connectivity index (χ4n) is 4.14. The van der Waals surface area contributed by atoms with Crippen LogP contribution in [0.5, 0.6) is 0 Å². The lowest BCUT2D eigenvalue weighted by Gasteiger charge is -2.37. The van der Waals surface area contributed by atoms with Crippen molar-refractivity contribution in [1.29, 1.82) is 0 Å². The topological polar surface area (TPSA) is 126 Å². The third kappa shape index (κ3) is 5.37. The first-order valence-corrected chi connectivity index (χ1v) is 14.2. The number of benzene rings is 1. The summed E-state index contributed by atoms with van der Waals surface area (Å²) in [6, 6.07) is 7.91. The van der Waals surface area contributed by atoms with Crippen LogP contribution in [0.4, 0.5) is 19.0 Å². The number of nitrogens with one attached hydrogen (secondary N) is 1. The molecule has 2 fully saturated rings. The fourth-order valence-corrected chi connectivity index (χ4v) is 7.60. The monoisotopic (exact) mass is 549 g/mol. The third-order valence-electron chi connectivity index (χ3n) is 6.34. The molecule has 198 valence electrons. The highest BCUT2D eigenvalue weighted by Crippen LogP contribution is 2.37. The summed E-state index contributed by atoms with van der Waals surface area (Å²) in [4.78, 5) is 3.26. The summed E-state index contributed by atoms with van der Waals surface area (Å²) in [5.41, 5.74) is -1.23. The van der Waals surface area contributed by atoms with Crippen molar-refractivity contribution >= 4 is 25.7 Å². The maximum absolute atomic E-state index is 13.4. The molecule has 1 aliphatic carbocycles. The SMILES string of the molecule is CC(O)C1CN(S(=O)(=O)c2cc(C(F)(F)F)cnc2NC2CC(S(=O)(=O)c3ccccc3)C2)CCO1. The van der Waals surface area contributed by atoms with Crippen LogP contribution in [0.2, 0.25) is 0 Å². The largest absolute Gasteiger partial charge is 0.417 e. The number of ether oxygens (including phenoxy) is 1. The van der Waals surface area contributed by atoms with E-state index in [2.05, 4.69) is 10.3 Å². The Balaban J connectivity index is 1.58. The maximum Gasteiger partial charge on any atom is 0.417 e. The van der Waals surface area contributed by atoms with Crippen molar-refractivity contribution in [3.63, 3.8) is 0 Å². The zero-order valence-corrected chi connectivity index (χ0v) is 20.9. The van der Waals surface area contributed by atoms with E-state index in [4.69, 9.17) is 4.74 Å². The first kappa shape index (κ1) is 26.8. The van der Waals surface area contributed by atoms with Crippen molar-refractivity contribution in [2.24, 2.45) is 0 Å². The second kappa shape index (κ2) is 9.89. The second-order valence-corrected chi connectivity index (χ2v) is 13.0. The van der Waals surface area contributed by atoms with Crippen molar-refractivity contribution in [3.8, 4) is 0 Å². The molecular weight excluding hydrogens is 523 g/mol. The highest BCUT2D eigenvalue weighted by molar-refractivity contribution is 7.92. The van der Waals surface area contributed by atoms with Crippen LogP contribution in [-0.2, 0) is 30.8 Å². The van der Waals surface area contributed by atoms with Crippen molar-refractivity contribution in [1.82, 2.24) is 9.29 Å². The zero-order chi connectivity index (χ0) is 26.3. The molecule has 2 atom stereocenters. The van der Waals surface area contributed by atoms with Gasteiger partial charge >= 0.3 is 6.18 Å². The van der Waals surface area contributed by atoms with Gasteiger partial charge in [-0.25, -0.2) is 21.8 Å². The van der Waals surface area contributed by atoms with Crippen molar-refractivity contribution in [2.75, 3.05) is 25.0 Å². The Kier molecular flexibility index (Phi) is 7.36. The van der Waals surface area contributed by atoms with Gasteiger partial charge in [0.05, 0.1) is 34.5 Å². The van der Waals surface area contributed by atoms with Crippen molar-refractivity contribution in [2.45, 2.75) is 59.2 Å². The molecule has 2 unspecified atom stereocenters. The van der Waals surface area contributed by atoms with E-state index in [1.165, 1.54) is 19.1 Å². The average molecular weight is 550 g/mol. The van der Waals surface area contributed by atoms with E-state index < -0.39 is 60.0 Å². The van der Waals surface area contributed by atoms with Gasteiger partial charge < -0.3 is 15.2 Å². The Hall–Kier alpha value is -2.26. The maximum atomic E-state index is 13.4. The first-order chi connectivity index (χ1) is 16.8. The van der Waals surface area contributed by atoms with E-state index >= 15 is 0 Å². The van der Waals surface area contributed by atoms with Gasteiger partial charge in [0.15, 0.2) is 9.84 Å². The number of anilines is 1. The molecular formula is C22H26F3N3O6S2. The van der Waals surface area contributed by atoms with Gasteiger partial charge in [-0.2, -0.15) is 17.5 Å². The number of morpholine rings is 1. The lowest BCUT2D eigenvalue weighted by Crippen LogP contribution is -2.49. The van der Waals surface area contributed by atoms with E-state index in [-0.39, 0.29) is 43.3 Å². The van der Waals surface area contributed by atoms with Crippen LogP contribution >= 0.6 is 0 Å². The molecule has 2 aromatic rings. The lowest BCUT2D eigenvalue weighted by molar-refractivity contribution is -0.138. The number of pyridine rings is 1. The summed E-state index contributed by atoms with van der Waals surface area (Å²) < 4.78 is 98.9. The summed E-state index contributed by atoms with van der Waals surface area (Å²) in [5.74, 6) is -0.288. The molecule has 1 saturated heterocycles. The van der Waals surface area contributed by atoms with Crippen LogP contribution in [0.15, 0.2) is 52.4 Å². The van der Waals surface area contributed by atoms with E-state index in [0.717, 1.165) is 4.31 Å². The quantitative estimate of drug-likeness (QED) is 0.539. The Bertz CT molecular complexity index is 1300. The molecule has 1 aromatic carbocycles. The summed E-state index contributed by atoms with van der Waals surface area (Å²) >= 11 is 0. The Labute approximate surface area is 207 Å². The van der Waals surface area contributed by atoms with Crippen LogP contribution in [0.25, 0.3) is 0 Å². The molecule has 2 heterocycles. The molecule has 1 aromatic heterocycles. The van der Waals surface area contributed by atoms with Crippen molar-refractivity contribution < 1.29 is 39.9 Å². The molecule has 0 amide bonds. The predicted molar refractivity (Wildman–Crippen MR) is 123 cm³/mol. The van der Waals surface area contributed by atoms with E-state index in [9.17, 15) is 35.1 Å². The predicted octanol–water partition coefficient (Wildman–Crippen LogP) is 2.29. The number of sulfonamides is 1. The highest BCUT2D eigenvalue weighted by atomic mass is 32.2. The van der Waals surface area contributed by atoms with Crippen LogP contribution in [0.3, 0.4) is 0 Å². The van der Waals surface area contributed by atoms with Crippen LogP contribution in [-0.4, -0.2) is 74.4 Å². The van der Waals surface area contributed by atoms with Gasteiger partial charge in [-0.1, -0.05) is 18.2 Å².